The van der Waals surface area contributed by atoms with E-state index < -0.39 is 0 Å². The maximum absolute atomic E-state index is 13.8. The normalized spacial score (nSPS) is 18.6. The van der Waals surface area contributed by atoms with Crippen molar-refractivity contribution < 1.29 is 13.9 Å². The van der Waals surface area contributed by atoms with Gasteiger partial charge < -0.3 is 14.5 Å². The Hall–Kier alpha value is -1.69. The van der Waals surface area contributed by atoms with Crippen LogP contribution in [0.15, 0.2) is 18.3 Å². The summed E-state index contributed by atoms with van der Waals surface area (Å²) < 4.78 is 18.8. The Morgan fingerprint density at radius 3 is 3.14 bits per heavy atom. The number of carbonyl (C=O) groups is 1. The SMILES string of the molecule is COCCN(C)C(=O)C1CCCN(c2ncccc2F)C1. The zero-order chi connectivity index (χ0) is 15.2. The quantitative estimate of drug-likeness (QED) is 0.826. The fourth-order valence-corrected chi connectivity index (χ4v) is 2.63. The molecule has 0 aromatic carbocycles. The molecule has 21 heavy (non-hydrogen) atoms. The van der Waals surface area contributed by atoms with Crippen LogP contribution in [0.4, 0.5) is 10.2 Å². The van der Waals surface area contributed by atoms with Crippen LogP contribution in [0.25, 0.3) is 0 Å². The third-order valence-corrected chi connectivity index (χ3v) is 3.82. The summed E-state index contributed by atoms with van der Waals surface area (Å²) in [5.74, 6) is -0.0111. The highest BCUT2D eigenvalue weighted by Gasteiger charge is 2.29. The molecule has 0 saturated carbocycles. The van der Waals surface area contributed by atoms with Crippen molar-refractivity contribution in [2.75, 3.05) is 45.3 Å². The largest absolute Gasteiger partial charge is 0.383 e. The molecule has 1 aromatic rings. The molecule has 2 rings (SSSR count). The van der Waals surface area contributed by atoms with E-state index in [1.165, 1.54) is 6.07 Å². The van der Waals surface area contributed by atoms with E-state index in [2.05, 4.69) is 4.98 Å². The van der Waals surface area contributed by atoms with Gasteiger partial charge in [0.1, 0.15) is 0 Å². The van der Waals surface area contributed by atoms with Crippen molar-refractivity contribution in [2.24, 2.45) is 5.92 Å². The number of aromatic nitrogens is 1. The predicted molar refractivity (Wildman–Crippen MR) is 78.6 cm³/mol. The molecule has 1 amide bonds. The summed E-state index contributed by atoms with van der Waals surface area (Å²) in [6.07, 6.45) is 3.28. The number of ether oxygens (including phenoxy) is 1. The Morgan fingerprint density at radius 2 is 2.43 bits per heavy atom. The third kappa shape index (κ3) is 3.91. The van der Waals surface area contributed by atoms with Crippen molar-refractivity contribution in [2.45, 2.75) is 12.8 Å². The second-order valence-corrected chi connectivity index (χ2v) is 5.35. The van der Waals surface area contributed by atoms with Crippen LogP contribution >= 0.6 is 0 Å². The molecule has 2 heterocycles. The molecule has 0 aliphatic carbocycles. The molecule has 1 fully saturated rings. The lowest BCUT2D eigenvalue weighted by atomic mass is 9.96. The van der Waals surface area contributed by atoms with E-state index >= 15 is 0 Å². The molecule has 1 aliphatic heterocycles. The number of anilines is 1. The molecule has 0 spiro atoms. The first-order valence-electron chi connectivity index (χ1n) is 7.23. The first-order valence-corrected chi connectivity index (χ1v) is 7.23. The zero-order valence-electron chi connectivity index (χ0n) is 12.6. The summed E-state index contributed by atoms with van der Waals surface area (Å²) in [6, 6.07) is 2.97. The average Bonchev–Trinajstić information content (AvgIpc) is 2.52. The minimum absolute atomic E-state index is 0.0908. The molecular weight excluding hydrogens is 273 g/mol. The molecule has 1 aliphatic rings. The van der Waals surface area contributed by atoms with Gasteiger partial charge in [-0.1, -0.05) is 0 Å². The minimum atomic E-state index is -0.335. The monoisotopic (exact) mass is 295 g/mol. The third-order valence-electron chi connectivity index (χ3n) is 3.82. The van der Waals surface area contributed by atoms with Crippen molar-refractivity contribution >= 4 is 11.7 Å². The maximum atomic E-state index is 13.8. The van der Waals surface area contributed by atoms with E-state index in [9.17, 15) is 9.18 Å². The summed E-state index contributed by atoms with van der Waals surface area (Å²) in [5, 5.41) is 0. The summed E-state index contributed by atoms with van der Waals surface area (Å²) >= 11 is 0. The Kier molecular flexibility index (Phi) is 5.50. The summed E-state index contributed by atoms with van der Waals surface area (Å²) in [5.41, 5.74) is 0. The van der Waals surface area contributed by atoms with Crippen LogP contribution in [0.3, 0.4) is 0 Å². The van der Waals surface area contributed by atoms with Gasteiger partial charge in [-0.15, -0.1) is 0 Å². The second-order valence-electron chi connectivity index (χ2n) is 5.35. The van der Waals surface area contributed by atoms with Gasteiger partial charge in [-0.25, -0.2) is 9.37 Å². The van der Waals surface area contributed by atoms with Crippen LogP contribution in [0.1, 0.15) is 12.8 Å². The number of halogens is 1. The number of carbonyl (C=O) groups excluding carboxylic acids is 1. The number of nitrogens with zero attached hydrogens (tertiary/aromatic N) is 3. The number of piperidine rings is 1. The number of likely N-dealkylation sites (N-methyl/N-ethyl adjacent to an activating group) is 1. The topological polar surface area (TPSA) is 45.7 Å². The lowest BCUT2D eigenvalue weighted by Gasteiger charge is -2.34. The first-order chi connectivity index (χ1) is 10.1. The van der Waals surface area contributed by atoms with Crippen LogP contribution < -0.4 is 4.90 Å². The van der Waals surface area contributed by atoms with Crippen LogP contribution in [0.2, 0.25) is 0 Å². The van der Waals surface area contributed by atoms with Gasteiger partial charge in [-0.2, -0.15) is 0 Å². The van der Waals surface area contributed by atoms with Gasteiger partial charge in [0.05, 0.1) is 12.5 Å². The Balaban J connectivity index is 2.00. The van der Waals surface area contributed by atoms with E-state index in [-0.39, 0.29) is 17.6 Å². The molecule has 116 valence electrons. The van der Waals surface area contributed by atoms with Crippen molar-refractivity contribution in [3.63, 3.8) is 0 Å². The van der Waals surface area contributed by atoms with Gasteiger partial charge in [-0.05, 0) is 25.0 Å². The smallest absolute Gasteiger partial charge is 0.227 e. The standard InChI is InChI=1S/C15H22FN3O2/c1-18(9-10-21-2)15(20)12-5-4-8-19(11-12)14-13(16)6-3-7-17-14/h3,6-7,12H,4-5,8-11H2,1-2H3. The molecule has 1 unspecified atom stereocenters. The lowest BCUT2D eigenvalue weighted by Crippen LogP contribution is -2.45. The highest BCUT2D eigenvalue weighted by molar-refractivity contribution is 5.79. The minimum Gasteiger partial charge on any atom is -0.383 e. The van der Waals surface area contributed by atoms with Crippen LogP contribution in [-0.4, -0.2) is 56.2 Å². The maximum Gasteiger partial charge on any atom is 0.227 e. The first kappa shape index (κ1) is 15.7. The number of rotatable bonds is 5. The van der Waals surface area contributed by atoms with E-state index in [0.29, 0.717) is 25.5 Å². The molecule has 0 N–H and O–H groups in total. The van der Waals surface area contributed by atoms with Crippen LogP contribution in [0, 0.1) is 11.7 Å². The average molecular weight is 295 g/mol. The van der Waals surface area contributed by atoms with Crippen molar-refractivity contribution in [1.29, 1.82) is 0 Å². The highest BCUT2D eigenvalue weighted by atomic mass is 19.1. The van der Waals surface area contributed by atoms with E-state index in [0.717, 1.165) is 19.4 Å². The molecule has 0 bridgehead atoms. The van der Waals surface area contributed by atoms with Gasteiger partial charge in [0, 0.05) is 40.0 Å². The van der Waals surface area contributed by atoms with E-state index in [4.69, 9.17) is 4.74 Å². The van der Waals surface area contributed by atoms with Gasteiger partial charge in [-0.3, -0.25) is 4.79 Å². The highest BCUT2D eigenvalue weighted by Crippen LogP contribution is 2.24. The van der Waals surface area contributed by atoms with Crippen LogP contribution in [0.5, 0.6) is 0 Å². The van der Waals surface area contributed by atoms with Crippen LogP contribution in [-0.2, 0) is 9.53 Å². The summed E-state index contributed by atoms with van der Waals surface area (Å²) in [6.45, 7) is 2.35. The van der Waals surface area contributed by atoms with Gasteiger partial charge in [0.2, 0.25) is 5.91 Å². The van der Waals surface area contributed by atoms with E-state index in [1.54, 1.807) is 31.3 Å². The molecule has 1 saturated heterocycles. The molecule has 6 heteroatoms. The predicted octanol–water partition coefficient (Wildman–Crippen LogP) is 1.54. The van der Waals surface area contributed by atoms with Crippen molar-refractivity contribution in [1.82, 2.24) is 9.88 Å². The molecule has 1 atom stereocenters. The number of hydrogen-bond donors (Lipinski definition) is 0. The second kappa shape index (κ2) is 7.36. The number of hydrogen-bond acceptors (Lipinski definition) is 4. The Labute approximate surface area is 124 Å². The molecule has 5 nitrogen and oxygen atoms in total. The zero-order valence-corrected chi connectivity index (χ0v) is 12.6. The fourth-order valence-electron chi connectivity index (χ4n) is 2.63. The van der Waals surface area contributed by atoms with Crippen molar-refractivity contribution in [3.05, 3.63) is 24.1 Å². The Bertz CT molecular complexity index is 484. The number of methoxy groups -OCH3 is 1. The fraction of sp³-hybridized carbons (Fsp3) is 0.600. The molecular formula is C15H22FN3O2. The summed E-state index contributed by atoms with van der Waals surface area (Å²) in [7, 11) is 3.39. The summed E-state index contributed by atoms with van der Waals surface area (Å²) in [4.78, 5) is 20.0. The van der Waals surface area contributed by atoms with Gasteiger partial charge in [0.25, 0.3) is 0 Å². The molecule has 1 aromatic heterocycles. The lowest BCUT2D eigenvalue weighted by molar-refractivity contribution is -0.135. The number of pyridine rings is 1. The Morgan fingerprint density at radius 1 is 1.62 bits per heavy atom. The van der Waals surface area contributed by atoms with Gasteiger partial charge in [0.15, 0.2) is 11.6 Å². The van der Waals surface area contributed by atoms with Crippen molar-refractivity contribution in [3.8, 4) is 0 Å². The molecule has 0 radical (unpaired) electrons. The number of amides is 1. The van der Waals surface area contributed by atoms with E-state index in [1.807, 2.05) is 4.90 Å². The van der Waals surface area contributed by atoms with Gasteiger partial charge >= 0.3 is 0 Å².